The van der Waals surface area contributed by atoms with Gasteiger partial charge in [-0.15, -0.1) is 0 Å². The van der Waals surface area contributed by atoms with Crippen LogP contribution in [0.25, 0.3) is 0 Å². The molecule has 1 rings (SSSR count). The van der Waals surface area contributed by atoms with Crippen LogP contribution in [0.15, 0.2) is 0 Å². The maximum atomic E-state index is 9.92. The van der Waals surface area contributed by atoms with Crippen LogP contribution in [0.2, 0.25) is 0 Å². The van der Waals surface area contributed by atoms with Gasteiger partial charge in [-0.1, -0.05) is 0 Å². The summed E-state index contributed by atoms with van der Waals surface area (Å²) in [6, 6.07) is 0. The Labute approximate surface area is 53.6 Å². The predicted octanol–water partition coefficient (Wildman–Crippen LogP) is 0.640. The fraction of sp³-hybridized carbons (Fsp3) is 0.833. The van der Waals surface area contributed by atoms with Crippen LogP contribution in [0.1, 0.15) is 19.3 Å². The molecule has 0 aromatic rings. The molecule has 3 nitrogen and oxygen atoms in total. The molecule has 1 N–H and O–H groups in total. The molecule has 1 saturated carbocycles. The van der Waals surface area contributed by atoms with E-state index in [4.69, 9.17) is 9.84 Å². The number of hydrogen-bond acceptors (Lipinski definition) is 2. The van der Waals surface area contributed by atoms with Gasteiger partial charge in [0.15, 0.2) is 0 Å². The lowest BCUT2D eigenvalue weighted by atomic mass is 10.5. The Morgan fingerprint density at radius 2 is 2.33 bits per heavy atom. The highest BCUT2D eigenvalue weighted by molar-refractivity contribution is 5.66. The molecular formula is C6H10O3. The molecule has 0 aromatic heterocycles. The SMILES string of the molecule is O=C(O)CCOC1CC1. The van der Waals surface area contributed by atoms with E-state index < -0.39 is 5.97 Å². The molecule has 9 heavy (non-hydrogen) atoms. The van der Waals surface area contributed by atoms with Crippen molar-refractivity contribution < 1.29 is 14.6 Å². The van der Waals surface area contributed by atoms with Gasteiger partial charge >= 0.3 is 5.97 Å². The van der Waals surface area contributed by atoms with Gasteiger partial charge in [-0.25, -0.2) is 0 Å². The molecule has 0 spiro atoms. The Bertz CT molecular complexity index is 107. The number of rotatable bonds is 4. The highest BCUT2D eigenvalue weighted by Crippen LogP contribution is 2.23. The summed E-state index contributed by atoms with van der Waals surface area (Å²) in [6.07, 6.45) is 2.74. The second-order valence-corrected chi connectivity index (χ2v) is 2.21. The van der Waals surface area contributed by atoms with Gasteiger partial charge in [0.05, 0.1) is 19.1 Å². The van der Waals surface area contributed by atoms with E-state index in [0.717, 1.165) is 12.8 Å². The average Bonchev–Trinajstić information content (AvgIpc) is 2.48. The van der Waals surface area contributed by atoms with Crippen molar-refractivity contribution in [2.24, 2.45) is 0 Å². The normalized spacial score (nSPS) is 17.8. The Hall–Kier alpha value is -0.570. The maximum Gasteiger partial charge on any atom is 0.305 e. The largest absolute Gasteiger partial charge is 0.481 e. The van der Waals surface area contributed by atoms with Gasteiger partial charge < -0.3 is 9.84 Å². The highest BCUT2D eigenvalue weighted by atomic mass is 16.5. The van der Waals surface area contributed by atoms with Crippen LogP contribution in [-0.4, -0.2) is 23.8 Å². The highest BCUT2D eigenvalue weighted by Gasteiger charge is 2.21. The zero-order chi connectivity index (χ0) is 6.69. The average molecular weight is 130 g/mol. The molecule has 1 aliphatic carbocycles. The van der Waals surface area contributed by atoms with Crippen molar-refractivity contribution in [1.82, 2.24) is 0 Å². The van der Waals surface area contributed by atoms with Gasteiger partial charge in [0, 0.05) is 0 Å². The second-order valence-electron chi connectivity index (χ2n) is 2.21. The summed E-state index contributed by atoms with van der Waals surface area (Å²) in [4.78, 5) is 9.92. The minimum atomic E-state index is -0.782. The van der Waals surface area contributed by atoms with Gasteiger partial charge in [0.2, 0.25) is 0 Å². The molecule has 0 unspecified atom stereocenters. The fourth-order valence-electron chi connectivity index (χ4n) is 0.548. The number of ether oxygens (including phenoxy) is 1. The maximum absolute atomic E-state index is 9.92. The molecule has 1 aliphatic rings. The molecule has 0 aliphatic heterocycles. The Morgan fingerprint density at radius 3 is 2.78 bits per heavy atom. The smallest absolute Gasteiger partial charge is 0.305 e. The van der Waals surface area contributed by atoms with Crippen LogP contribution in [0.4, 0.5) is 0 Å². The van der Waals surface area contributed by atoms with E-state index in [0.29, 0.717) is 12.7 Å². The molecule has 0 amide bonds. The summed E-state index contributed by atoms with van der Waals surface area (Å²) in [5, 5.41) is 8.17. The number of hydrogen-bond donors (Lipinski definition) is 1. The number of carboxylic acid groups (broad SMARTS) is 1. The first-order chi connectivity index (χ1) is 4.29. The standard InChI is InChI=1S/C6H10O3/c7-6(8)3-4-9-5-1-2-5/h5H,1-4H2,(H,7,8). The van der Waals surface area contributed by atoms with Gasteiger partial charge in [0.1, 0.15) is 0 Å². The van der Waals surface area contributed by atoms with Gasteiger partial charge in [-0.3, -0.25) is 4.79 Å². The van der Waals surface area contributed by atoms with Crippen LogP contribution >= 0.6 is 0 Å². The molecule has 1 fully saturated rings. The topological polar surface area (TPSA) is 46.5 Å². The lowest BCUT2D eigenvalue weighted by molar-refractivity contribution is -0.138. The summed E-state index contributed by atoms with van der Waals surface area (Å²) in [5.41, 5.74) is 0. The van der Waals surface area contributed by atoms with E-state index >= 15 is 0 Å². The van der Waals surface area contributed by atoms with E-state index in [1.54, 1.807) is 0 Å². The van der Waals surface area contributed by atoms with Crippen LogP contribution in [0.5, 0.6) is 0 Å². The van der Waals surface area contributed by atoms with E-state index in [9.17, 15) is 4.79 Å². The van der Waals surface area contributed by atoms with Crippen molar-refractivity contribution >= 4 is 5.97 Å². The Kier molecular flexibility index (Phi) is 2.05. The van der Waals surface area contributed by atoms with Crippen molar-refractivity contribution in [3.05, 3.63) is 0 Å². The van der Waals surface area contributed by atoms with Crippen LogP contribution < -0.4 is 0 Å². The minimum absolute atomic E-state index is 0.135. The zero-order valence-electron chi connectivity index (χ0n) is 5.17. The minimum Gasteiger partial charge on any atom is -0.481 e. The summed E-state index contributed by atoms with van der Waals surface area (Å²) < 4.78 is 5.08. The lowest BCUT2D eigenvalue weighted by Gasteiger charge is -1.95. The van der Waals surface area contributed by atoms with Crippen molar-refractivity contribution in [1.29, 1.82) is 0 Å². The van der Waals surface area contributed by atoms with Crippen molar-refractivity contribution in [2.75, 3.05) is 6.61 Å². The van der Waals surface area contributed by atoms with E-state index in [1.165, 1.54) is 0 Å². The van der Waals surface area contributed by atoms with Gasteiger partial charge in [0.25, 0.3) is 0 Å². The van der Waals surface area contributed by atoms with Crippen LogP contribution in [-0.2, 0) is 9.53 Å². The molecule has 0 radical (unpaired) electrons. The van der Waals surface area contributed by atoms with Crippen LogP contribution in [0, 0.1) is 0 Å². The summed E-state index contributed by atoms with van der Waals surface area (Å²) >= 11 is 0. The fourth-order valence-corrected chi connectivity index (χ4v) is 0.548. The molecule has 0 aromatic carbocycles. The van der Waals surface area contributed by atoms with E-state index in [2.05, 4.69) is 0 Å². The van der Waals surface area contributed by atoms with Crippen LogP contribution in [0.3, 0.4) is 0 Å². The van der Waals surface area contributed by atoms with E-state index in [-0.39, 0.29) is 6.42 Å². The number of carboxylic acids is 1. The number of aliphatic carboxylic acids is 1. The molecule has 52 valence electrons. The Balaban J connectivity index is 1.86. The summed E-state index contributed by atoms with van der Waals surface area (Å²) in [6.45, 7) is 0.375. The van der Waals surface area contributed by atoms with Gasteiger partial charge in [-0.05, 0) is 12.8 Å². The molecular weight excluding hydrogens is 120 g/mol. The molecule has 0 saturated heterocycles. The molecule has 3 heteroatoms. The molecule has 0 heterocycles. The lowest BCUT2D eigenvalue weighted by Crippen LogP contribution is -2.03. The number of carbonyl (C=O) groups is 1. The monoisotopic (exact) mass is 130 g/mol. The van der Waals surface area contributed by atoms with E-state index in [1.807, 2.05) is 0 Å². The Morgan fingerprint density at radius 1 is 1.67 bits per heavy atom. The zero-order valence-corrected chi connectivity index (χ0v) is 5.17. The second kappa shape index (κ2) is 2.82. The first kappa shape index (κ1) is 6.55. The summed E-state index contributed by atoms with van der Waals surface area (Å²) in [7, 11) is 0. The third-order valence-electron chi connectivity index (χ3n) is 1.19. The predicted molar refractivity (Wildman–Crippen MR) is 31.2 cm³/mol. The third-order valence-corrected chi connectivity index (χ3v) is 1.19. The molecule has 0 atom stereocenters. The first-order valence-corrected chi connectivity index (χ1v) is 3.12. The van der Waals surface area contributed by atoms with Crippen molar-refractivity contribution in [3.63, 3.8) is 0 Å². The summed E-state index contributed by atoms with van der Waals surface area (Å²) in [5.74, 6) is -0.782. The van der Waals surface area contributed by atoms with Gasteiger partial charge in [-0.2, -0.15) is 0 Å². The third kappa shape index (κ3) is 3.08. The first-order valence-electron chi connectivity index (χ1n) is 3.12. The molecule has 0 bridgehead atoms. The van der Waals surface area contributed by atoms with Crippen molar-refractivity contribution in [2.45, 2.75) is 25.4 Å². The van der Waals surface area contributed by atoms with Crippen molar-refractivity contribution in [3.8, 4) is 0 Å². The quantitative estimate of drug-likeness (QED) is 0.607.